The second kappa shape index (κ2) is 6.08. The van der Waals surface area contributed by atoms with Crippen molar-refractivity contribution >= 4 is 44.6 Å². The minimum atomic E-state index is -0.570. The van der Waals surface area contributed by atoms with Crippen LogP contribution in [0.4, 0.5) is 20.2 Å². The van der Waals surface area contributed by atoms with Crippen LogP contribution in [0.2, 0.25) is 0 Å². The Labute approximate surface area is 123 Å². The molecule has 2 rings (SSSR count). The van der Waals surface area contributed by atoms with Crippen LogP contribution in [0.3, 0.4) is 0 Å². The summed E-state index contributed by atoms with van der Waals surface area (Å²) in [5.74, 6) is -1.10. The summed E-state index contributed by atoms with van der Waals surface area (Å²) in [5, 5.41) is 5.67. The number of rotatable bonds is 2. The molecule has 2 N–H and O–H groups in total. The standard InChI is InChI=1S/C13H9BrF2N2S/c14-8-2-1-3-10(6-8)17-13(19)18-12-7-9(15)4-5-11(12)16/h1-7H,(H2,17,18,19). The maximum atomic E-state index is 13.4. The van der Waals surface area contributed by atoms with Crippen LogP contribution in [0.15, 0.2) is 46.9 Å². The summed E-state index contributed by atoms with van der Waals surface area (Å²) in [5.41, 5.74) is 0.733. The molecule has 0 aromatic heterocycles. The molecule has 0 aliphatic rings. The molecule has 0 bridgehead atoms. The Morgan fingerprint density at radius 2 is 1.84 bits per heavy atom. The molecule has 0 amide bonds. The van der Waals surface area contributed by atoms with Crippen molar-refractivity contribution in [3.8, 4) is 0 Å². The summed E-state index contributed by atoms with van der Waals surface area (Å²) < 4.78 is 27.3. The van der Waals surface area contributed by atoms with Gasteiger partial charge in [0.25, 0.3) is 0 Å². The summed E-state index contributed by atoms with van der Waals surface area (Å²) in [6, 6.07) is 10.5. The monoisotopic (exact) mass is 342 g/mol. The van der Waals surface area contributed by atoms with Gasteiger partial charge in [0, 0.05) is 16.2 Å². The van der Waals surface area contributed by atoms with Crippen LogP contribution >= 0.6 is 28.1 Å². The summed E-state index contributed by atoms with van der Waals surface area (Å²) >= 11 is 8.36. The van der Waals surface area contributed by atoms with E-state index in [2.05, 4.69) is 26.6 Å². The van der Waals surface area contributed by atoms with E-state index in [0.29, 0.717) is 0 Å². The highest BCUT2D eigenvalue weighted by Gasteiger charge is 2.06. The van der Waals surface area contributed by atoms with Gasteiger partial charge in [-0.3, -0.25) is 0 Å². The third-order valence-electron chi connectivity index (χ3n) is 2.26. The smallest absolute Gasteiger partial charge is 0.175 e. The highest BCUT2D eigenvalue weighted by Crippen LogP contribution is 2.18. The van der Waals surface area contributed by atoms with Gasteiger partial charge in [0.1, 0.15) is 11.6 Å². The molecule has 0 spiro atoms. The first-order valence-corrected chi connectivity index (χ1v) is 6.53. The van der Waals surface area contributed by atoms with Gasteiger partial charge in [-0.2, -0.15) is 0 Å². The highest BCUT2D eigenvalue weighted by molar-refractivity contribution is 9.10. The summed E-state index contributed by atoms with van der Waals surface area (Å²) in [6.45, 7) is 0. The SMILES string of the molecule is Fc1ccc(F)c(NC(=S)Nc2cccc(Br)c2)c1. The van der Waals surface area contributed by atoms with Gasteiger partial charge in [-0.1, -0.05) is 22.0 Å². The third-order valence-corrected chi connectivity index (χ3v) is 2.96. The molecule has 2 aromatic rings. The third kappa shape index (κ3) is 3.97. The second-order valence-electron chi connectivity index (χ2n) is 3.71. The Morgan fingerprint density at radius 3 is 2.58 bits per heavy atom. The lowest BCUT2D eigenvalue weighted by Crippen LogP contribution is -2.19. The first-order valence-electron chi connectivity index (χ1n) is 5.33. The number of anilines is 2. The predicted octanol–water partition coefficient (Wildman–Crippen LogP) is 4.54. The number of thiocarbonyl (C=S) groups is 1. The highest BCUT2D eigenvalue weighted by atomic mass is 79.9. The molecule has 2 nitrogen and oxygen atoms in total. The fourth-order valence-electron chi connectivity index (χ4n) is 1.44. The molecular weight excluding hydrogens is 334 g/mol. The Kier molecular flexibility index (Phi) is 4.44. The van der Waals surface area contributed by atoms with E-state index in [9.17, 15) is 8.78 Å². The van der Waals surface area contributed by atoms with E-state index < -0.39 is 11.6 Å². The molecule has 0 saturated carbocycles. The van der Waals surface area contributed by atoms with Crippen LogP contribution in [-0.2, 0) is 0 Å². The van der Waals surface area contributed by atoms with Gasteiger partial charge in [0.05, 0.1) is 5.69 Å². The number of halogens is 3. The Balaban J connectivity index is 2.07. The van der Waals surface area contributed by atoms with Crippen LogP contribution in [0.5, 0.6) is 0 Å². The van der Waals surface area contributed by atoms with Crippen molar-refractivity contribution in [1.29, 1.82) is 0 Å². The van der Waals surface area contributed by atoms with E-state index in [4.69, 9.17) is 12.2 Å². The van der Waals surface area contributed by atoms with Gasteiger partial charge < -0.3 is 10.6 Å². The molecule has 0 unspecified atom stereocenters. The van der Waals surface area contributed by atoms with Crippen LogP contribution in [0.1, 0.15) is 0 Å². The van der Waals surface area contributed by atoms with E-state index in [1.807, 2.05) is 18.2 Å². The van der Waals surface area contributed by atoms with Crippen molar-refractivity contribution in [3.63, 3.8) is 0 Å². The fourth-order valence-corrected chi connectivity index (χ4v) is 2.07. The molecular formula is C13H9BrF2N2S. The quantitative estimate of drug-likeness (QED) is 0.783. The van der Waals surface area contributed by atoms with E-state index >= 15 is 0 Å². The van der Waals surface area contributed by atoms with Crippen molar-refractivity contribution < 1.29 is 8.78 Å². The van der Waals surface area contributed by atoms with Crippen LogP contribution < -0.4 is 10.6 Å². The van der Waals surface area contributed by atoms with Gasteiger partial charge in [-0.15, -0.1) is 0 Å². The number of hydrogen-bond acceptors (Lipinski definition) is 1. The Bertz CT molecular complexity index is 619. The average Bonchev–Trinajstić information content (AvgIpc) is 2.34. The second-order valence-corrected chi connectivity index (χ2v) is 5.04. The maximum absolute atomic E-state index is 13.4. The zero-order valence-electron chi connectivity index (χ0n) is 9.58. The number of nitrogens with one attached hydrogen (secondary N) is 2. The van der Waals surface area contributed by atoms with Crippen LogP contribution in [0.25, 0.3) is 0 Å². The molecule has 0 saturated heterocycles. The molecule has 98 valence electrons. The molecule has 0 heterocycles. The van der Waals surface area contributed by atoms with E-state index in [0.717, 1.165) is 28.4 Å². The number of hydrogen-bond donors (Lipinski definition) is 2. The van der Waals surface area contributed by atoms with Crippen molar-refractivity contribution in [3.05, 3.63) is 58.6 Å². The molecule has 2 aromatic carbocycles. The lowest BCUT2D eigenvalue weighted by molar-refractivity contribution is 0.604. The maximum Gasteiger partial charge on any atom is 0.175 e. The van der Waals surface area contributed by atoms with Gasteiger partial charge in [0.2, 0.25) is 0 Å². The zero-order chi connectivity index (χ0) is 13.8. The molecule has 0 aliphatic carbocycles. The predicted molar refractivity (Wildman–Crippen MR) is 80.3 cm³/mol. The minimum Gasteiger partial charge on any atom is -0.332 e. The number of benzene rings is 2. The van der Waals surface area contributed by atoms with Crippen LogP contribution in [0, 0.1) is 11.6 Å². The van der Waals surface area contributed by atoms with Gasteiger partial charge in [-0.05, 0) is 42.5 Å². The van der Waals surface area contributed by atoms with Gasteiger partial charge in [0.15, 0.2) is 5.11 Å². The van der Waals surface area contributed by atoms with E-state index in [1.165, 1.54) is 0 Å². The zero-order valence-corrected chi connectivity index (χ0v) is 12.0. The Morgan fingerprint density at radius 1 is 1.05 bits per heavy atom. The molecule has 0 radical (unpaired) electrons. The summed E-state index contributed by atoms with van der Waals surface area (Å²) in [4.78, 5) is 0. The van der Waals surface area contributed by atoms with Crippen molar-refractivity contribution in [2.75, 3.05) is 10.6 Å². The normalized spacial score (nSPS) is 10.1. The summed E-state index contributed by atoms with van der Waals surface area (Å²) in [7, 11) is 0. The molecule has 6 heteroatoms. The molecule has 0 fully saturated rings. The van der Waals surface area contributed by atoms with Crippen LogP contribution in [-0.4, -0.2) is 5.11 Å². The lowest BCUT2D eigenvalue weighted by atomic mass is 10.3. The van der Waals surface area contributed by atoms with Gasteiger partial charge in [-0.25, -0.2) is 8.78 Å². The fraction of sp³-hybridized carbons (Fsp3) is 0. The first-order chi connectivity index (χ1) is 9.04. The average molecular weight is 343 g/mol. The van der Waals surface area contributed by atoms with Crippen molar-refractivity contribution in [1.82, 2.24) is 0 Å². The van der Waals surface area contributed by atoms with Crippen molar-refractivity contribution in [2.24, 2.45) is 0 Å². The molecule has 0 aliphatic heterocycles. The molecule has 0 atom stereocenters. The largest absolute Gasteiger partial charge is 0.332 e. The Hall–Kier alpha value is -1.53. The first kappa shape index (κ1) is 13.9. The lowest BCUT2D eigenvalue weighted by Gasteiger charge is -2.11. The minimum absolute atomic E-state index is 0.00695. The van der Waals surface area contributed by atoms with E-state index in [1.54, 1.807) is 6.07 Å². The van der Waals surface area contributed by atoms with Gasteiger partial charge >= 0.3 is 0 Å². The summed E-state index contributed by atoms with van der Waals surface area (Å²) in [6.07, 6.45) is 0. The van der Waals surface area contributed by atoms with E-state index in [-0.39, 0.29) is 10.8 Å². The van der Waals surface area contributed by atoms with Crippen molar-refractivity contribution in [2.45, 2.75) is 0 Å². The molecule has 19 heavy (non-hydrogen) atoms. The topological polar surface area (TPSA) is 24.1 Å².